The third-order valence-corrected chi connectivity index (χ3v) is 6.26. The highest BCUT2D eigenvalue weighted by Gasteiger charge is 2.45. The monoisotopic (exact) mass is 487 g/mol. The van der Waals surface area contributed by atoms with Gasteiger partial charge in [0, 0.05) is 25.8 Å². The van der Waals surface area contributed by atoms with Crippen molar-refractivity contribution in [2.24, 2.45) is 0 Å². The zero-order chi connectivity index (χ0) is 25.7. The Hall–Kier alpha value is -4.10. The minimum Gasteiger partial charge on any atom is -0.508 e. The Bertz CT molecular complexity index is 1280. The standard InChI is InChI=1S/C29H29NO6/c1-19-7-3-4-8-22(19)18-36-24-13-11-20(12-14-24)27(32)25-26(21-9-5-10-23(31)17-21)30(15-6-16-35-2)29(34)28(25)33/h3-5,7-14,17,26,31-32H,6,15-16,18H2,1-2H3/b27-25+. The Morgan fingerprint density at radius 3 is 2.44 bits per heavy atom. The first-order chi connectivity index (χ1) is 17.4. The van der Waals surface area contributed by atoms with Crippen LogP contribution in [0.1, 0.15) is 34.7 Å². The smallest absolute Gasteiger partial charge is 0.295 e. The maximum Gasteiger partial charge on any atom is 0.295 e. The van der Waals surface area contributed by atoms with Gasteiger partial charge < -0.3 is 24.6 Å². The summed E-state index contributed by atoms with van der Waals surface area (Å²) in [5.74, 6) is -1.12. The molecule has 3 aromatic rings. The van der Waals surface area contributed by atoms with E-state index in [2.05, 4.69) is 0 Å². The second-order valence-corrected chi connectivity index (χ2v) is 8.67. The van der Waals surface area contributed by atoms with Crippen molar-refractivity contribution < 1.29 is 29.3 Å². The molecule has 1 amide bonds. The van der Waals surface area contributed by atoms with E-state index in [4.69, 9.17) is 9.47 Å². The first-order valence-electron chi connectivity index (χ1n) is 11.7. The van der Waals surface area contributed by atoms with Gasteiger partial charge in [-0.05, 0) is 66.4 Å². The lowest BCUT2D eigenvalue weighted by Gasteiger charge is -2.25. The van der Waals surface area contributed by atoms with Crippen LogP contribution in [-0.4, -0.2) is 47.1 Å². The van der Waals surface area contributed by atoms with Gasteiger partial charge in [0.15, 0.2) is 0 Å². The third kappa shape index (κ3) is 5.26. The van der Waals surface area contributed by atoms with Crippen molar-refractivity contribution >= 4 is 17.4 Å². The van der Waals surface area contributed by atoms with Gasteiger partial charge in [-0.1, -0.05) is 36.4 Å². The van der Waals surface area contributed by atoms with Crippen LogP contribution in [0.3, 0.4) is 0 Å². The summed E-state index contributed by atoms with van der Waals surface area (Å²) in [5.41, 5.74) is 3.11. The largest absolute Gasteiger partial charge is 0.508 e. The maximum atomic E-state index is 13.1. The Morgan fingerprint density at radius 1 is 1.00 bits per heavy atom. The number of aromatic hydroxyl groups is 1. The summed E-state index contributed by atoms with van der Waals surface area (Å²) in [5, 5.41) is 21.2. The van der Waals surface area contributed by atoms with Crippen molar-refractivity contribution in [3.63, 3.8) is 0 Å². The van der Waals surface area contributed by atoms with Gasteiger partial charge >= 0.3 is 0 Å². The molecule has 4 rings (SSSR count). The molecule has 0 saturated carbocycles. The molecule has 0 bridgehead atoms. The Kier molecular flexibility index (Phi) is 7.71. The van der Waals surface area contributed by atoms with Crippen molar-refractivity contribution in [1.82, 2.24) is 4.90 Å². The van der Waals surface area contributed by atoms with Gasteiger partial charge in [0.05, 0.1) is 11.6 Å². The number of likely N-dealkylation sites (tertiary alicyclic amines) is 1. The van der Waals surface area contributed by atoms with E-state index < -0.39 is 17.7 Å². The molecule has 7 heteroatoms. The molecular weight excluding hydrogens is 458 g/mol. The van der Waals surface area contributed by atoms with E-state index in [0.29, 0.717) is 36.5 Å². The van der Waals surface area contributed by atoms with Crippen LogP contribution in [0.2, 0.25) is 0 Å². The number of ether oxygens (including phenoxy) is 2. The number of methoxy groups -OCH3 is 1. The summed E-state index contributed by atoms with van der Waals surface area (Å²) in [6.07, 6.45) is 0.520. The molecule has 7 nitrogen and oxygen atoms in total. The van der Waals surface area contributed by atoms with Crippen LogP contribution in [0.5, 0.6) is 11.5 Å². The number of rotatable bonds is 9. The van der Waals surface area contributed by atoms with Gasteiger partial charge in [0.1, 0.15) is 23.9 Å². The van der Waals surface area contributed by atoms with Gasteiger partial charge in [-0.25, -0.2) is 0 Å². The molecule has 3 aromatic carbocycles. The number of Topliss-reactive ketones (excluding diaryl/α,β-unsaturated/α-hetero) is 1. The number of hydrogen-bond acceptors (Lipinski definition) is 6. The predicted octanol–water partition coefficient (Wildman–Crippen LogP) is 4.74. The number of carbonyl (C=O) groups excluding carboxylic acids is 2. The van der Waals surface area contributed by atoms with Crippen molar-refractivity contribution in [1.29, 1.82) is 0 Å². The van der Waals surface area contributed by atoms with Gasteiger partial charge in [0.2, 0.25) is 0 Å². The summed E-state index contributed by atoms with van der Waals surface area (Å²) in [6.45, 7) is 3.11. The molecule has 0 radical (unpaired) electrons. The van der Waals surface area contributed by atoms with Crippen LogP contribution in [0.4, 0.5) is 0 Å². The molecule has 0 spiro atoms. The van der Waals surface area contributed by atoms with Gasteiger partial charge in [-0.3, -0.25) is 9.59 Å². The Morgan fingerprint density at radius 2 is 1.75 bits per heavy atom. The molecule has 186 valence electrons. The maximum absolute atomic E-state index is 13.1. The number of ketones is 1. The number of phenols is 1. The van der Waals surface area contributed by atoms with E-state index in [9.17, 15) is 19.8 Å². The normalized spacial score (nSPS) is 16.9. The fraction of sp³-hybridized carbons (Fsp3) is 0.241. The molecule has 1 heterocycles. The molecule has 0 aliphatic carbocycles. The SMILES string of the molecule is COCCCN1C(=O)C(=O)/C(=C(/O)c2ccc(OCc3ccccc3C)cc2)C1c1cccc(O)c1. The minimum atomic E-state index is -0.828. The van der Waals surface area contributed by atoms with Gasteiger partial charge in [-0.2, -0.15) is 0 Å². The van der Waals surface area contributed by atoms with E-state index in [1.807, 2.05) is 31.2 Å². The Labute approximate surface area is 210 Å². The lowest BCUT2D eigenvalue weighted by molar-refractivity contribution is -0.140. The number of aliphatic hydroxyl groups excluding tert-OH is 1. The fourth-order valence-electron chi connectivity index (χ4n) is 4.33. The predicted molar refractivity (Wildman–Crippen MR) is 136 cm³/mol. The van der Waals surface area contributed by atoms with E-state index in [-0.39, 0.29) is 23.6 Å². The first kappa shape index (κ1) is 25.0. The highest BCUT2D eigenvalue weighted by atomic mass is 16.5. The topological polar surface area (TPSA) is 96.3 Å². The van der Waals surface area contributed by atoms with Crippen molar-refractivity contribution in [3.05, 3.63) is 101 Å². The molecule has 1 aliphatic heterocycles. The quantitative estimate of drug-likeness (QED) is 0.196. The zero-order valence-corrected chi connectivity index (χ0v) is 20.3. The summed E-state index contributed by atoms with van der Waals surface area (Å²) >= 11 is 0. The molecule has 1 fully saturated rings. The van der Waals surface area contributed by atoms with Gasteiger partial charge in [0.25, 0.3) is 11.7 Å². The molecule has 1 aliphatic rings. The van der Waals surface area contributed by atoms with Crippen LogP contribution in [0, 0.1) is 6.92 Å². The zero-order valence-electron chi connectivity index (χ0n) is 20.3. The summed E-state index contributed by atoms with van der Waals surface area (Å²) in [6, 6.07) is 20.2. The van der Waals surface area contributed by atoms with Crippen LogP contribution in [-0.2, 0) is 20.9 Å². The molecule has 2 N–H and O–H groups in total. The fourth-order valence-corrected chi connectivity index (χ4v) is 4.33. The highest BCUT2D eigenvalue weighted by Crippen LogP contribution is 2.40. The molecular formula is C29H29NO6. The van der Waals surface area contributed by atoms with Crippen LogP contribution >= 0.6 is 0 Å². The first-order valence-corrected chi connectivity index (χ1v) is 11.7. The summed E-state index contributed by atoms with van der Waals surface area (Å²) in [4.78, 5) is 27.4. The van der Waals surface area contributed by atoms with Crippen molar-refractivity contribution in [2.75, 3.05) is 20.3 Å². The Balaban J connectivity index is 1.64. The lowest BCUT2D eigenvalue weighted by atomic mass is 9.95. The number of aryl methyl sites for hydroxylation is 1. The van der Waals surface area contributed by atoms with Crippen molar-refractivity contribution in [2.45, 2.75) is 26.0 Å². The van der Waals surface area contributed by atoms with Crippen LogP contribution in [0.15, 0.2) is 78.4 Å². The second-order valence-electron chi connectivity index (χ2n) is 8.67. The molecule has 1 unspecified atom stereocenters. The number of nitrogens with zero attached hydrogens (tertiary/aromatic N) is 1. The van der Waals surface area contributed by atoms with E-state index >= 15 is 0 Å². The lowest BCUT2D eigenvalue weighted by Crippen LogP contribution is -2.31. The molecule has 1 saturated heterocycles. The second kappa shape index (κ2) is 11.1. The molecule has 0 aromatic heterocycles. The van der Waals surface area contributed by atoms with E-state index in [1.54, 1.807) is 43.5 Å². The number of aliphatic hydroxyl groups is 1. The average molecular weight is 488 g/mol. The number of benzene rings is 3. The highest BCUT2D eigenvalue weighted by molar-refractivity contribution is 6.46. The van der Waals surface area contributed by atoms with E-state index in [1.165, 1.54) is 17.0 Å². The van der Waals surface area contributed by atoms with Crippen molar-refractivity contribution in [3.8, 4) is 11.5 Å². The minimum absolute atomic E-state index is 0.00475. The van der Waals surface area contributed by atoms with Gasteiger partial charge in [-0.15, -0.1) is 0 Å². The number of phenolic OH excluding ortho intramolecular Hbond substituents is 1. The number of amides is 1. The van der Waals surface area contributed by atoms with Crippen LogP contribution < -0.4 is 4.74 Å². The van der Waals surface area contributed by atoms with E-state index in [0.717, 1.165) is 11.1 Å². The third-order valence-electron chi connectivity index (χ3n) is 6.26. The van der Waals surface area contributed by atoms with Crippen LogP contribution in [0.25, 0.3) is 5.76 Å². The number of hydrogen-bond donors (Lipinski definition) is 2. The average Bonchev–Trinajstić information content (AvgIpc) is 3.13. The summed E-state index contributed by atoms with van der Waals surface area (Å²) < 4.78 is 11.0. The molecule has 1 atom stereocenters. The number of carbonyl (C=O) groups is 2. The molecule has 36 heavy (non-hydrogen) atoms. The summed E-state index contributed by atoms with van der Waals surface area (Å²) in [7, 11) is 1.56.